The zero-order chi connectivity index (χ0) is 18.9. The zero-order valence-corrected chi connectivity index (χ0v) is 15.9. The van der Waals surface area contributed by atoms with Crippen molar-refractivity contribution < 1.29 is 9.21 Å². The van der Waals surface area contributed by atoms with Crippen molar-refractivity contribution in [3.05, 3.63) is 95.9 Å². The predicted molar refractivity (Wildman–Crippen MR) is 108 cm³/mol. The molecule has 0 aliphatic heterocycles. The third-order valence-electron chi connectivity index (χ3n) is 4.89. The highest BCUT2D eigenvalue weighted by Crippen LogP contribution is 2.25. The number of rotatable bonds is 9. The van der Waals surface area contributed by atoms with Gasteiger partial charge in [0.25, 0.3) is 0 Å². The lowest BCUT2D eigenvalue weighted by atomic mass is 9.93. The largest absolute Gasteiger partial charge is 0.469 e. The van der Waals surface area contributed by atoms with Crippen molar-refractivity contribution in [2.24, 2.45) is 0 Å². The highest BCUT2D eigenvalue weighted by molar-refractivity contribution is 5.75. The molecular weight excluding hydrogens is 334 g/mol. The lowest BCUT2D eigenvalue weighted by Gasteiger charge is -2.25. The molecule has 0 aliphatic carbocycles. The van der Waals surface area contributed by atoms with Gasteiger partial charge < -0.3 is 9.32 Å². The summed E-state index contributed by atoms with van der Waals surface area (Å²) in [7, 11) is 0. The zero-order valence-electron chi connectivity index (χ0n) is 15.9. The van der Waals surface area contributed by atoms with E-state index in [1.165, 1.54) is 5.56 Å². The number of furan rings is 1. The Balaban J connectivity index is 1.70. The van der Waals surface area contributed by atoms with Gasteiger partial charge >= 0.3 is 0 Å². The van der Waals surface area contributed by atoms with E-state index in [1.807, 2.05) is 48.2 Å². The standard InChI is InChI=1S/C24H27NO2/c1-2-24(26)25(19-21-12-7-4-8-13-21)16-15-22(23-14-9-17-27-23)18-20-10-5-3-6-11-20/h3-14,17,22H,2,15-16,18-19H2,1H3/t22-/m0/s1. The van der Waals surface area contributed by atoms with Crippen LogP contribution in [0.25, 0.3) is 0 Å². The van der Waals surface area contributed by atoms with E-state index in [9.17, 15) is 4.79 Å². The third-order valence-corrected chi connectivity index (χ3v) is 4.89. The number of carbonyl (C=O) groups excluding carboxylic acids is 1. The summed E-state index contributed by atoms with van der Waals surface area (Å²) in [5.41, 5.74) is 2.45. The molecule has 0 N–H and O–H groups in total. The van der Waals surface area contributed by atoms with Crippen molar-refractivity contribution in [1.29, 1.82) is 0 Å². The predicted octanol–water partition coefficient (Wildman–Crippen LogP) is 5.43. The summed E-state index contributed by atoms with van der Waals surface area (Å²) >= 11 is 0. The number of hydrogen-bond donors (Lipinski definition) is 0. The molecular formula is C24H27NO2. The Morgan fingerprint density at radius 3 is 2.19 bits per heavy atom. The van der Waals surface area contributed by atoms with Gasteiger partial charge in [-0.3, -0.25) is 4.79 Å². The lowest BCUT2D eigenvalue weighted by Crippen LogP contribution is -2.31. The first-order valence-electron chi connectivity index (χ1n) is 9.65. The molecule has 0 radical (unpaired) electrons. The first-order chi connectivity index (χ1) is 13.3. The van der Waals surface area contributed by atoms with Gasteiger partial charge in [0.2, 0.25) is 5.91 Å². The molecule has 2 aromatic carbocycles. The van der Waals surface area contributed by atoms with Gasteiger partial charge in [0, 0.05) is 25.4 Å². The van der Waals surface area contributed by atoms with Gasteiger partial charge in [-0.05, 0) is 36.1 Å². The molecule has 0 spiro atoms. The summed E-state index contributed by atoms with van der Waals surface area (Å²) in [6.45, 7) is 3.30. The van der Waals surface area contributed by atoms with Gasteiger partial charge in [-0.25, -0.2) is 0 Å². The van der Waals surface area contributed by atoms with Crippen LogP contribution in [0.2, 0.25) is 0 Å². The normalized spacial score (nSPS) is 11.9. The van der Waals surface area contributed by atoms with Crippen LogP contribution in [-0.2, 0) is 17.8 Å². The van der Waals surface area contributed by atoms with Crippen LogP contribution < -0.4 is 0 Å². The van der Waals surface area contributed by atoms with Crippen LogP contribution in [0.3, 0.4) is 0 Å². The van der Waals surface area contributed by atoms with Crippen molar-refractivity contribution in [3.63, 3.8) is 0 Å². The molecule has 1 heterocycles. The quantitative estimate of drug-likeness (QED) is 0.509. The average Bonchev–Trinajstić information content (AvgIpc) is 3.25. The van der Waals surface area contributed by atoms with Gasteiger partial charge in [-0.15, -0.1) is 0 Å². The lowest BCUT2D eigenvalue weighted by molar-refractivity contribution is -0.131. The molecule has 3 heteroatoms. The van der Waals surface area contributed by atoms with Gasteiger partial charge in [-0.1, -0.05) is 67.6 Å². The Morgan fingerprint density at radius 2 is 1.59 bits per heavy atom. The summed E-state index contributed by atoms with van der Waals surface area (Å²) in [6, 6.07) is 24.6. The first kappa shape index (κ1) is 19.0. The van der Waals surface area contributed by atoms with E-state index in [0.29, 0.717) is 13.0 Å². The maximum Gasteiger partial charge on any atom is 0.222 e. The summed E-state index contributed by atoms with van der Waals surface area (Å²) in [4.78, 5) is 14.4. The number of nitrogens with zero attached hydrogens (tertiary/aromatic N) is 1. The summed E-state index contributed by atoms with van der Waals surface area (Å²) in [6.07, 6.45) is 4.04. The van der Waals surface area contributed by atoms with Crippen molar-refractivity contribution in [2.45, 2.75) is 38.6 Å². The molecule has 0 saturated heterocycles. The minimum absolute atomic E-state index is 0.191. The van der Waals surface area contributed by atoms with Crippen LogP contribution in [0, 0.1) is 0 Å². The van der Waals surface area contributed by atoms with Crippen LogP contribution in [0.1, 0.15) is 42.6 Å². The summed E-state index contributed by atoms with van der Waals surface area (Å²) in [5.74, 6) is 1.43. The van der Waals surface area contributed by atoms with Crippen LogP contribution >= 0.6 is 0 Å². The van der Waals surface area contributed by atoms with Crippen LogP contribution in [-0.4, -0.2) is 17.4 Å². The van der Waals surface area contributed by atoms with Crippen molar-refractivity contribution in [2.75, 3.05) is 6.54 Å². The SMILES string of the molecule is CCC(=O)N(CC[C@@H](Cc1ccccc1)c1ccco1)Cc1ccccc1. The van der Waals surface area contributed by atoms with Crippen molar-refractivity contribution >= 4 is 5.91 Å². The number of benzene rings is 2. The van der Waals surface area contributed by atoms with E-state index in [1.54, 1.807) is 6.26 Å². The Hall–Kier alpha value is -2.81. The Kier molecular flexibility index (Phi) is 6.86. The van der Waals surface area contributed by atoms with Crippen molar-refractivity contribution in [3.8, 4) is 0 Å². The molecule has 3 rings (SSSR count). The fraction of sp³-hybridized carbons (Fsp3) is 0.292. The van der Waals surface area contributed by atoms with Crippen LogP contribution in [0.4, 0.5) is 0 Å². The molecule has 1 atom stereocenters. The highest BCUT2D eigenvalue weighted by Gasteiger charge is 2.19. The Morgan fingerprint density at radius 1 is 0.926 bits per heavy atom. The Labute approximate surface area is 161 Å². The fourth-order valence-electron chi connectivity index (χ4n) is 3.40. The number of amides is 1. The molecule has 3 nitrogen and oxygen atoms in total. The van der Waals surface area contributed by atoms with E-state index >= 15 is 0 Å². The minimum atomic E-state index is 0.191. The second kappa shape index (κ2) is 9.77. The molecule has 27 heavy (non-hydrogen) atoms. The average molecular weight is 361 g/mol. The monoisotopic (exact) mass is 361 g/mol. The molecule has 0 fully saturated rings. The van der Waals surface area contributed by atoms with Gasteiger partial charge in [0.05, 0.1) is 6.26 Å². The molecule has 0 bridgehead atoms. The van der Waals surface area contributed by atoms with Gasteiger partial charge in [-0.2, -0.15) is 0 Å². The molecule has 140 valence electrons. The number of carbonyl (C=O) groups is 1. The first-order valence-corrected chi connectivity index (χ1v) is 9.65. The fourth-order valence-corrected chi connectivity index (χ4v) is 3.40. The molecule has 0 aliphatic rings. The van der Waals surface area contributed by atoms with E-state index in [0.717, 1.165) is 30.7 Å². The van der Waals surface area contributed by atoms with E-state index in [4.69, 9.17) is 4.42 Å². The van der Waals surface area contributed by atoms with Crippen LogP contribution in [0.15, 0.2) is 83.5 Å². The van der Waals surface area contributed by atoms with E-state index in [2.05, 4.69) is 36.4 Å². The molecule has 0 unspecified atom stereocenters. The smallest absolute Gasteiger partial charge is 0.222 e. The van der Waals surface area contributed by atoms with E-state index in [-0.39, 0.29) is 11.8 Å². The summed E-state index contributed by atoms with van der Waals surface area (Å²) < 4.78 is 5.70. The topological polar surface area (TPSA) is 33.5 Å². The number of hydrogen-bond acceptors (Lipinski definition) is 2. The summed E-state index contributed by atoms with van der Waals surface area (Å²) in [5, 5.41) is 0. The van der Waals surface area contributed by atoms with Crippen molar-refractivity contribution in [1.82, 2.24) is 4.90 Å². The molecule has 3 aromatic rings. The molecule has 0 saturated carbocycles. The minimum Gasteiger partial charge on any atom is -0.469 e. The maximum absolute atomic E-state index is 12.5. The van der Waals surface area contributed by atoms with Gasteiger partial charge in [0.1, 0.15) is 5.76 Å². The van der Waals surface area contributed by atoms with E-state index < -0.39 is 0 Å². The highest BCUT2D eigenvalue weighted by atomic mass is 16.3. The second-order valence-corrected chi connectivity index (χ2v) is 6.85. The van der Waals surface area contributed by atoms with Gasteiger partial charge in [0.15, 0.2) is 0 Å². The Bertz CT molecular complexity index is 797. The third kappa shape index (κ3) is 5.58. The molecule has 1 aromatic heterocycles. The molecule has 1 amide bonds. The maximum atomic E-state index is 12.5. The second-order valence-electron chi connectivity index (χ2n) is 6.85. The van der Waals surface area contributed by atoms with Crippen LogP contribution in [0.5, 0.6) is 0 Å².